The molecule has 1 aromatic heterocycles. The van der Waals surface area contributed by atoms with E-state index in [4.69, 9.17) is 16.7 Å². The highest BCUT2D eigenvalue weighted by Crippen LogP contribution is 2.25. The third kappa shape index (κ3) is 2.91. The molecule has 2 heterocycles. The maximum absolute atomic E-state index is 11.1. The Bertz CT molecular complexity index is 383. The smallest absolute Gasteiger partial charge is 0.321 e. The summed E-state index contributed by atoms with van der Waals surface area (Å²) in [6.07, 6.45) is 0. The van der Waals surface area contributed by atoms with Crippen molar-refractivity contribution in [2.24, 2.45) is 0 Å². The van der Waals surface area contributed by atoms with Gasteiger partial charge in [-0.3, -0.25) is 9.69 Å². The molecule has 1 aliphatic heterocycles. The first kappa shape index (κ1) is 12.2. The van der Waals surface area contributed by atoms with E-state index in [2.05, 4.69) is 0 Å². The van der Waals surface area contributed by atoms with E-state index in [0.717, 1.165) is 21.5 Å². The molecule has 0 bridgehead atoms. The van der Waals surface area contributed by atoms with Gasteiger partial charge >= 0.3 is 5.97 Å². The maximum Gasteiger partial charge on any atom is 0.321 e. The second kappa shape index (κ2) is 5.40. The van der Waals surface area contributed by atoms with Crippen molar-refractivity contribution in [2.45, 2.75) is 12.6 Å². The summed E-state index contributed by atoms with van der Waals surface area (Å²) >= 11 is 9.08. The fourth-order valence-electron chi connectivity index (χ4n) is 1.69. The Morgan fingerprint density at radius 3 is 3.06 bits per heavy atom. The van der Waals surface area contributed by atoms with E-state index < -0.39 is 5.97 Å². The first-order valence-electron chi connectivity index (χ1n) is 4.95. The van der Waals surface area contributed by atoms with Gasteiger partial charge in [0.05, 0.1) is 4.34 Å². The zero-order chi connectivity index (χ0) is 11.5. The van der Waals surface area contributed by atoms with Crippen LogP contribution in [0.1, 0.15) is 4.88 Å². The van der Waals surface area contributed by atoms with Gasteiger partial charge in [-0.1, -0.05) is 11.6 Å². The summed E-state index contributed by atoms with van der Waals surface area (Å²) in [5.41, 5.74) is 0. The summed E-state index contributed by atoms with van der Waals surface area (Å²) in [6, 6.07) is 3.46. The van der Waals surface area contributed by atoms with Crippen molar-refractivity contribution in [2.75, 3.05) is 18.1 Å². The second-order valence-corrected chi connectivity index (χ2v) is 6.55. The number of nitrogens with zero attached hydrogens (tertiary/aromatic N) is 1. The van der Waals surface area contributed by atoms with Crippen LogP contribution in [-0.4, -0.2) is 40.1 Å². The van der Waals surface area contributed by atoms with Crippen LogP contribution < -0.4 is 0 Å². The van der Waals surface area contributed by atoms with Gasteiger partial charge in [0.2, 0.25) is 0 Å². The van der Waals surface area contributed by atoms with Crippen molar-refractivity contribution in [3.63, 3.8) is 0 Å². The van der Waals surface area contributed by atoms with Crippen LogP contribution in [0.5, 0.6) is 0 Å². The summed E-state index contributed by atoms with van der Waals surface area (Å²) < 4.78 is 0.758. The van der Waals surface area contributed by atoms with Crippen molar-refractivity contribution in [1.29, 1.82) is 0 Å². The minimum absolute atomic E-state index is 0.361. The van der Waals surface area contributed by atoms with Crippen LogP contribution in [0.2, 0.25) is 4.34 Å². The number of halogens is 1. The summed E-state index contributed by atoms with van der Waals surface area (Å²) in [5, 5.41) is 9.11. The lowest BCUT2D eigenvalue weighted by Crippen LogP contribution is -2.46. The molecule has 1 aromatic rings. The van der Waals surface area contributed by atoms with Crippen LogP contribution in [0.15, 0.2) is 12.1 Å². The predicted molar refractivity (Wildman–Crippen MR) is 68.5 cm³/mol. The van der Waals surface area contributed by atoms with Gasteiger partial charge in [-0.2, -0.15) is 11.8 Å². The highest BCUT2D eigenvalue weighted by molar-refractivity contribution is 7.99. The first-order chi connectivity index (χ1) is 7.66. The standard InChI is InChI=1S/C10H12ClNO2S2/c11-9-2-1-7(16-9)5-12-3-4-15-6-8(12)10(13)14/h1-2,8H,3-6H2,(H,13,14). The Morgan fingerprint density at radius 1 is 1.62 bits per heavy atom. The molecule has 0 saturated carbocycles. The third-order valence-corrected chi connectivity index (χ3v) is 4.75. The molecule has 16 heavy (non-hydrogen) atoms. The van der Waals surface area contributed by atoms with E-state index in [1.54, 1.807) is 11.8 Å². The molecule has 3 nitrogen and oxygen atoms in total. The minimum Gasteiger partial charge on any atom is -0.480 e. The number of carboxylic acid groups (broad SMARTS) is 1. The molecule has 0 amide bonds. The van der Waals surface area contributed by atoms with Crippen LogP contribution in [0.25, 0.3) is 0 Å². The van der Waals surface area contributed by atoms with E-state index in [9.17, 15) is 4.79 Å². The normalized spacial score (nSPS) is 22.2. The van der Waals surface area contributed by atoms with Gasteiger partial charge in [0, 0.05) is 29.5 Å². The highest BCUT2D eigenvalue weighted by Gasteiger charge is 2.28. The lowest BCUT2D eigenvalue weighted by molar-refractivity contribution is -0.142. The molecule has 1 fully saturated rings. The Hall–Kier alpha value is -0.230. The Kier molecular flexibility index (Phi) is 4.13. The van der Waals surface area contributed by atoms with E-state index in [-0.39, 0.29) is 6.04 Å². The van der Waals surface area contributed by atoms with Crippen molar-refractivity contribution < 1.29 is 9.90 Å². The monoisotopic (exact) mass is 277 g/mol. The summed E-state index contributed by atoms with van der Waals surface area (Å²) in [4.78, 5) is 14.2. The number of rotatable bonds is 3. The quantitative estimate of drug-likeness (QED) is 0.921. The van der Waals surface area contributed by atoms with Crippen LogP contribution >= 0.6 is 34.7 Å². The number of hydrogen-bond acceptors (Lipinski definition) is 4. The molecular weight excluding hydrogens is 266 g/mol. The molecule has 6 heteroatoms. The van der Waals surface area contributed by atoms with Crippen molar-refractivity contribution >= 4 is 40.7 Å². The Balaban J connectivity index is 2.03. The first-order valence-corrected chi connectivity index (χ1v) is 7.30. The summed E-state index contributed by atoms with van der Waals surface area (Å²) in [6.45, 7) is 1.52. The predicted octanol–water partition coefficient (Wildman–Crippen LogP) is 2.40. The SMILES string of the molecule is O=C(O)C1CSCCN1Cc1ccc(Cl)s1. The van der Waals surface area contributed by atoms with E-state index in [1.807, 2.05) is 17.0 Å². The molecule has 2 rings (SSSR count). The molecule has 1 N–H and O–H groups in total. The number of thiophene rings is 1. The molecule has 1 atom stereocenters. The number of hydrogen-bond donors (Lipinski definition) is 1. The second-order valence-electron chi connectivity index (χ2n) is 3.61. The molecule has 88 valence electrons. The molecule has 0 aliphatic carbocycles. The molecule has 0 spiro atoms. The van der Waals surface area contributed by atoms with E-state index in [0.29, 0.717) is 12.3 Å². The van der Waals surface area contributed by atoms with Crippen molar-refractivity contribution in [3.05, 3.63) is 21.3 Å². The summed E-state index contributed by atoms with van der Waals surface area (Å²) in [5.74, 6) is 0.951. The van der Waals surface area contributed by atoms with E-state index in [1.165, 1.54) is 11.3 Å². The minimum atomic E-state index is -0.727. The zero-order valence-corrected chi connectivity index (χ0v) is 10.9. The number of carbonyl (C=O) groups is 1. The number of aliphatic carboxylic acids is 1. The van der Waals surface area contributed by atoms with Gasteiger partial charge in [-0.25, -0.2) is 0 Å². The fourth-order valence-corrected chi connectivity index (χ4v) is 3.91. The van der Waals surface area contributed by atoms with Gasteiger partial charge in [-0.15, -0.1) is 11.3 Å². The maximum atomic E-state index is 11.1. The molecule has 1 saturated heterocycles. The van der Waals surface area contributed by atoms with Crippen LogP contribution in [0.4, 0.5) is 0 Å². The van der Waals surface area contributed by atoms with E-state index >= 15 is 0 Å². The molecular formula is C10H12ClNO2S2. The van der Waals surface area contributed by atoms with Crippen molar-refractivity contribution in [1.82, 2.24) is 4.90 Å². The number of carboxylic acids is 1. The topological polar surface area (TPSA) is 40.5 Å². The molecule has 1 aliphatic rings. The van der Waals surface area contributed by atoms with Gasteiger partial charge in [0.15, 0.2) is 0 Å². The fraction of sp³-hybridized carbons (Fsp3) is 0.500. The van der Waals surface area contributed by atoms with Crippen molar-refractivity contribution in [3.8, 4) is 0 Å². The number of thioether (sulfide) groups is 1. The van der Waals surface area contributed by atoms with Crippen LogP contribution in [0.3, 0.4) is 0 Å². The summed E-state index contributed by atoms with van der Waals surface area (Å²) in [7, 11) is 0. The lowest BCUT2D eigenvalue weighted by Gasteiger charge is -2.31. The van der Waals surface area contributed by atoms with Gasteiger partial charge in [0.1, 0.15) is 6.04 Å². The highest BCUT2D eigenvalue weighted by atomic mass is 35.5. The molecule has 0 radical (unpaired) electrons. The van der Waals surface area contributed by atoms with Gasteiger partial charge in [-0.05, 0) is 12.1 Å². The van der Waals surface area contributed by atoms with Crippen LogP contribution in [0, 0.1) is 0 Å². The third-order valence-electron chi connectivity index (χ3n) is 2.51. The average molecular weight is 278 g/mol. The lowest BCUT2D eigenvalue weighted by atomic mass is 10.2. The Morgan fingerprint density at radius 2 is 2.44 bits per heavy atom. The van der Waals surface area contributed by atoms with Crippen LogP contribution in [-0.2, 0) is 11.3 Å². The van der Waals surface area contributed by atoms with Gasteiger partial charge in [0.25, 0.3) is 0 Å². The zero-order valence-electron chi connectivity index (χ0n) is 8.56. The molecule has 1 unspecified atom stereocenters. The Labute approximate surface area is 107 Å². The largest absolute Gasteiger partial charge is 0.480 e. The molecule has 0 aromatic carbocycles. The van der Waals surface area contributed by atoms with Gasteiger partial charge < -0.3 is 5.11 Å². The average Bonchev–Trinajstić information content (AvgIpc) is 2.64.